The van der Waals surface area contributed by atoms with Crippen LogP contribution in [0.25, 0.3) is 0 Å². The van der Waals surface area contributed by atoms with E-state index in [1.165, 1.54) is 18.0 Å². The van der Waals surface area contributed by atoms with E-state index in [-0.39, 0.29) is 5.12 Å². The molecule has 0 N–H and O–H groups in total. The highest BCUT2D eigenvalue weighted by Crippen LogP contribution is 2.19. The molecule has 0 fully saturated rings. The number of hydrogen-bond acceptors (Lipinski definition) is 3. The van der Waals surface area contributed by atoms with Crippen molar-refractivity contribution in [2.24, 2.45) is 0 Å². The molecular formula is C11H12O2S. The van der Waals surface area contributed by atoms with Gasteiger partial charge in [0.1, 0.15) is 0 Å². The van der Waals surface area contributed by atoms with Gasteiger partial charge in [0, 0.05) is 11.3 Å². The quantitative estimate of drug-likeness (QED) is 0.562. The SMILES string of the molecule is CO/C=C/CC(=O)Sc1ccccc1. The zero-order valence-electron chi connectivity index (χ0n) is 7.97. The molecule has 0 heterocycles. The summed E-state index contributed by atoms with van der Waals surface area (Å²) < 4.78 is 4.70. The molecule has 0 amide bonds. The summed E-state index contributed by atoms with van der Waals surface area (Å²) in [6, 6.07) is 9.60. The Morgan fingerprint density at radius 2 is 2.14 bits per heavy atom. The average molecular weight is 208 g/mol. The molecule has 0 bridgehead atoms. The maximum absolute atomic E-state index is 11.3. The monoisotopic (exact) mass is 208 g/mol. The molecule has 14 heavy (non-hydrogen) atoms. The van der Waals surface area contributed by atoms with Crippen molar-refractivity contribution in [2.75, 3.05) is 7.11 Å². The molecule has 0 aliphatic carbocycles. The molecule has 0 aliphatic heterocycles. The van der Waals surface area contributed by atoms with E-state index in [4.69, 9.17) is 4.74 Å². The van der Waals surface area contributed by atoms with Gasteiger partial charge in [-0.1, -0.05) is 30.0 Å². The molecule has 2 nitrogen and oxygen atoms in total. The molecule has 0 unspecified atom stereocenters. The maximum atomic E-state index is 11.3. The zero-order valence-corrected chi connectivity index (χ0v) is 8.79. The van der Waals surface area contributed by atoms with Gasteiger partial charge in [0.15, 0.2) is 5.12 Å². The van der Waals surface area contributed by atoms with Crippen LogP contribution in [0, 0.1) is 0 Å². The predicted octanol–water partition coefficient (Wildman–Crippen LogP) is 2.86. The van der Waals surface area contributed by atoms with Gasteiger partial charge in [-0.05, 0) is 18.2 Å². The number of hydrogen-bond donors (Lipinski definition) is 0. The van der Waals surface area contributed by atoms with Crippen LogP contribution < -0.4 is 0 Å². The summed E-state index contributed by atoms with van der Waals surface area (Å²) in [6.45, 7) is 0. The van der Waals surface area contributed by atoms with Gasteiger partial charge in [-0.3, -0.25) is 4.79 Å². The molecule has 0 atom stereocenters. The minimum Gasteiger partial charge on any atom is -0.505 e. The van der Waals surface area contributed by atoms with Crippen molar-refractivity contribution < 1.29 is 9.53 Å². The Balaban J connectivity index is 2.38. The molecule has 0 saturated heterocycles. The molecule has 74 valence electrons. The minimum atomic E-state index is 0.115. The van der Waals surface area contributed by atoms with Gasteiger partial charge in [0.25, 0.3) is 0 Å². The molecule has 0 spiro atoms. The van der Waals surface area contributed by atoms with Crippen LogP contribution in [0.5, 0.6) is 0 Å². The lowest BCUT2D eigenvalue weighted by molar-refractivity contribution is -0.110. The molecule has 0 saturated carbocycles. The fourth-order valence-electron chi connectivity index (χ4n) is 0.902. The predicted molar refractivity (Wildman–Crippen MR) is 58.1 cm³/mol. The molecule has 1 aromatic rings. The third kappa shape index (κ3) is 4.14. The number of benzene rings is 1. The number of carbonyl (C=O) groups is 1. The van der Waals surface area contributed by atoms with E-state index in [0.29, 0.717) is 6.42 Å². The lowest BCUT2D eigenvalue weighted by atomic mass is 10.4. The van der Waals surface area contributed by atoms with Gasteiger partial charge in [-0.2, -0.15) is 0 Å². The second-order valence-electron chi connectivity index (χ2n) is 2.60. The first-order valence-electron chi connectivity index (χ1n) is 4.26. The van der Waals surface area contributed by atoms with Crippen LogP contribution in [0.4, 0.5) is 0 Å². The number of thioether (sulfide) groups is 1. The van der Waals surface area contributed by atoms with Crippen LogP contribution in [0.2, 0.25) is 0 Å². The molecule has 3 heteroatoms. The van der Waals surface area contributed by atoms with E-state index in [0.717, 1.165) is 4.90 Å². The fourth-order valence-corrected chi connectivity index (χ4v) is 1.64. The van der Waals surface area contributed by atoms with Crippen molar-refractivity contribution >= 4 is 16.9 Å². The summed E-state index contributed by atoms with van der Waals surface area (Å²) in [5, 5.41) is 0.115. The van der Waals surface area contributed by atoms with E-state index >= 15 is 0 Å². The fraction of sp³-hybridized carbons (Fsp3) is 0.182. The van der Waals surface area contributed by atoms with Crippen LogP contribution in [0.15, 0.2) is 47.6 Å². The summed E-state index contributed by atoms with van der Waals surface area (Å²) >= 11 is 1.25. The summed E-state index contributed by atoms with van der Waals surface area (Å²) in [7, 11) is 1.56. The standard InChI is InChI=1S/C11H12O2S/c1-13-9-5-8-11(12)14-10-6-3-2-4-7-10/h2-7,9H,8H2,1H3/b9-5+. The Kier molecular flexibility index (Phi) is 4.86. The summed E-state index contributed by atoms with van der Waals surface area (Å²) in [4.78, 5) is 12.3. The van der Waals surface area contributed by atoms with Crippen molar-refractivity contribution in [3.05, 3.63) is 42.7 Å². The smallest absolute Gasteiger partial charge is 0.197 e. The van der Waals surface area contributed by atoms with E-state index < -0.39 is 0 Å². The molecule has 0 aromatic heterocycles. The Bertz CT molecular complexity index is 306. The lowest BCUT2D eigenvalue weighted by Crippen LogP contribution is -1.87. The highest BCUT2D eigenvalue weighted by molar-refractivity contribution is 8.13. The minimum absolute atomic E-state index is 0.115. The normalized spacial score (nSPS) is 10.4. The van der Waals surface area contributed by atoms with Crippen molar-refractivity contribution in [1.82, 2.24) is 0 Å². The summed E-state index contributed by atoms with van der Waals surface area (Å²) in [5.41, 5.74) is 0. The van der Waals surface area contributed by atoms with Gasteiger partial charge in [0.05, 0.1) is 13.4 Å². The number of methoxy groups -OCH3 is 1. The third-order valence-electron chi connectivity index (χ3n) is 1.49. The van der Waals surface area contributed by atoms with Gasteiger partial charge in [-0.15, -0.1) is 0 Å². The van der Waals surface area contributed by atoms with E-state index in [1.807, 2.05) is 30.3 Å². The summed E-state index contributed by atoms with van der Waals surface area (Å²) in [5.74, 6) is 0. The average Bonchev–Trinajstić information content (AvgIpc) is 2.20. The molecule has 0 aliphatic rings. The molecule has 1 rings (SSSR count). The number of rotatable bonds is 4. The third-order valence-corrected chi connectivity index (χ3v) is 2.39. The van der Waals surface area contributed by atoms with Crippen LogP contribution in [-0.4, -0.2) is 12.2 Å². The highest BCUT2D eigenvalue weighted by atomic mass is 32.2. The highest BCUT2D eigenvalue weighted by Gasteiger charge is 2.01. The number of carbonyl (C=O) groups excluding carboxylic acids is 1. The Labute approximate surface area is 88.0 Å². The first-order valence-corrected chi connectivity index (χ1v) is 5.08. The van der Waals surface area contributed by atoms with Gasteiger partial charge < -0.3 is 4.74 Å². The molecule has 1 aromatic carbocycles. The van der Waals surface area contributed by atoms with Gasteiger partial charge >= 0.3 is 0 Å². The zero-order chi connectivity index (χ0) is 10.2. The largest absolute Gasteiger partial charge is 0.505 e. The summed E-state index contributed by atoms with van der Waals surface area (Å²) in [6.07, 6.45) is 3.62. The first kappa shape index (κ1) is 10.9. The van der Waals surface area contributed by atoms with Crippen LogP contribution in [0.3, 0.4) is 0 Å². The molecular weight excluding hydrogens is 196 g/mol. The first-order chi connectivity index (χ1) is 6.83. The van der Waals surface area contributed by atoms with Crippen molar-refractivity contribution in [1.29, 1.82) is 0 Å². The Morgan fingerprint density at radius 1 is 1.43 bits per heavy atom. The van der Waals surface area contributed by atoms with E-state index in [1.54, 1.807) is 13.2 Å². The topological polar surface area (TPSA) is 26.3 Å². The maximum Gasteiger partial charge on any atom is 0.197 e. The van der Waals surface area contributed by atoms with Crippen molar-refractivity contribution in [3.63, 3.8) is 0 Å². The van der Waals surface area contributed by atoms with E-state index in [2.05, 4.69) is 0 Å². The van der Waals surface area contributed by atoms with Crippen molar-refractivity contribution in [2.45, 2.75) is 11.3 Å². The van der Waals surface area contributed by atoms with Gasteiger partial charge in [-0.25, -0.2) is 0 Å². The van der Waals surface area contributed by atoms with Crippen molar-refractivity contribution in [3.8, 4) is 0 Å². The molecule has 0 radical (unpaired) electrons. The Hall–Kier alpha value is -1.22. The van der Waals surface area contributed by atoms with Crippen LogP contribution >= 0.6 is 11.8 Å². The number of ether oxygens (including phenoxy) is 1. The van der Waals surface area contributed by atoms with Gasteiger partial charge in [0.2, 0.25) is 0 Å². The number of allylic oxidation sites excluding steroid dienone is 1. The second kappa shape index (κ2) is 6.27. The Morgan fingerprint density at radius 3 is 2.79 bits per heavy atom. The van der Waals surface area contributed by atoms with Crippen LogP contribution in [0.1, 0.15) is 6.42 Å². The van der Waals surface area contributed by atoms with E-state index in [9.17, 15) is 4.79 Å². The second-order valence-corrected chi connectivity index (χ2v) is 3.73. The lowest BCUT2D eigenvalue weighted by Gasteiger charge is -1.96. The van der Waals surface area contributed by atoms with Crippen LogP contribution in [-0.2, 0) is 9.53 Å².